The van der Waals surface area contributed by atoms with Gasteiger partial charge in [-0.25, -0.2) is 0 Å². The van der Waals surface area contributed by atoms with Gasteiger partial charge in [-0.05, 0) is 98.9 Å². The summed E-state index contributed by atoms with van der Waals surface area (Å²) in [6.07, 6.45) is 13.6. The highest BCUT2D eigenvalue weighted by molar-refractivity contribution is 6.07. The zero-order valence-electron chi connectivity index (χ0n) is 30.5. The second-order valence-corrected chi connectivity index (χ2v) is 16.9. The van der Waals surface area contributed by atoms with Gasteiger partial charge >= 0.3 is 0 Å². The smallest absolute Gasteiger partial charge is 0.184 e. The van der Waals surface area contributed by atoms with Crippen LogP contribution in [0.3, 0.4) is 0 Å². The molecule has 2 heterocycles. The van der Waals surface area contributed by atoms with Crippen molar-refractivity contribution in [1.82, 2.24) is 0 Å². The molecule has 0 saturated heterocycles. The summed E-state index contributed by atoms with van der Waals surface area (Å²) in [6.45, 7) is 26.6. The zero-order valence-corrected chi connectivity index (χ0v) is 30.5. The second kappa shape index (κ2) is 10.4. The third-order valence-electron chi connectivity index (χ3n) is 13.3. The molecule has 1 aromatic heterocycles. The van der Waals surface area contributed by atoms with Gasteiger partial charge in [-0.15, -0.1) is 0 Å². The maximum Gasteiger partial charge on any atom is 0.222 e. The maximum absolute atomic E-state index is 2.74. The number of aromatic nitrogens is 1. The molecule has 4 aromatic rings. The minimum absolute atomic E-state index is 0.0245. The molecular formula is C45H56N+. The molecule has 0 amide bonds. The van der Waals surface area contributed by atoms with Crippen molar-refractivity contribution >= 4 is 21.5 Å². The lowest BCUT2D eigenvalue weighted by Crippen LogP contribution is -2.55. The van der Waals surface area contributed by atoms with Crippen molar-refractivity contribution in [3.63, 3.8) is 0 Å². The minimum atomic E-state index is -0.219. The Labute approximate surface area is 278 Å². The van der Waals surface area contributed by atoms with E-state index in [0.29, 0.717) is 11.8 Å². The third-order valence-corrected chi connectivity index (χ3v) is 13.3. The Bertz CT molecular complexity index is 1950. The van der Waals surface area contributed by atoms with Crippen molar-refractivity contribution in [2.75, 3.05) is 0 Å². The lowest BCUT2D eigenvalue weighted by atomic mass is 9.62. The Hall–Kier alpha value is -3.19. The van der Waals surface area contributed by atoms with E-state index in [4.69, 9.17) is 0 Å². The topological polar surface area (TPSA) is 3.88 Å². The summed E-state index contributed by atoms with van der Waals surface area (Å²) in [4.78, 5) is 0. The first-order chi connectivity index (χ1) is 21.7. The van der Waals surface area contributed by atoms with E-state index in [0.717, 1.165) is 6.42 Å². The molecule has 2 aliphatic carbocycles. The van der Waals surface area contributed by atoms with Gasteiger partial charge in [0.2, 0.25) is 11.2 Å². The van der Waals surface area contributed by atoms with E-state index in [2.05, 4.69) is 148 Å². The normalized spacial score (nSPS) is 19.9. The standard InChI is InChI=1S/C45H56N/c1-12-28(13-2)32-22-33(29(14-3)15-4)27-45(26-32)37-24-30-18-16-17-19-35(30)40-39(37)41-38-31(20-21-46(41)45)23-34(25-36(38)43(40,8)9)44(10,11)42(5,6)7/h16-26,28-29H,12-15,27H2,1-11H3/q+1. The van der Waals surface area contributed by atoms with Crippen molar-refractivity contribution in [2.45, 2.75) is 125 Å². The van der Waals surface area contributed by atoms with E-state index < -0.39 is 0 Å². The van der Waals surface area contributed by atoms with Crippen LogP contribution in [0.25, 0.3) is 32.8 Å². The fraction of sp³-hybridized carbons (Fsp3) is 0.489. The first kappa shape index (κ1) is 31.4. The summed E-state index contributed by atoms with van der Waals surface area (Å²) >= 11 is 0. The van der Waals surface area contributed by atoms with Crippen molar-refractivity contribution in [3.05, 3.63) is 100 Å². The van der Waals surface area contributed by atoms with Crippen LogP contribution in [0.15, 0.2) is 78.0 Å². The molecule has 1 nitrogen and oxygen atoms in total. The fourth-order valence-electron chi connectivity index (χ4n) is 9.47. The monoisotopic (exact) mass is 610 g/mol. The number of allylic oxidation sites excluding steroid dienone is 4. The fourth-order valence-corrected chi connectivity index (χ4v) is 9.47. The minimum Gasteiger partial charge on any atom is -0.184 e. The molecule has 3 aromatic carbocycles. The van der Waals surface area contributed by atoms with Crippen LogP contribution in [0.2, 0.25) is 0 Å². The second-order valence-electron chi connectivity index (χ2n) is 16.9. The molecule has 1 heteroatoms. The lowest BCUT2D eigenvalue weighted by Gasteiger charge is -2.41. The van der Waals surface area contributed by atoms with Crippen LogP contribution in [-0.4, -0.2) is 0 Å². The Morgan fingerprint density at radius 3 is 2.11 bits per heavy atom. The Morgan fingerprint density at radius 2 is 1.46 bits per heavy atom. The van der Waals surface area contributed by atoms with Crippen molar-refractivity contribution in [3.8, 4) is 11.3 Å². The molecule has 1 unspecified atom stereocenters. The maximum atomic E-state index is 2.74. The van der Waals surface area contributed by atoms with Gasteiger partial charge in [-0.1, -0.05) is 124 Å². The molecule has 46 heavy (non-hydrogen) atoms. The van der Waals surface area contributed by atoms with Crippen LogP contribution in [0, 0.1) is 17.3 Å². The van der Waals surface area contributed by atoms with Crippen LogP contribution in [0.1, 0.15) is 131 Å². The molecule has 0 radical (unpaired) electrons. The summed E-state index contributed by atoms with van der Waals surface area (Å²) in [6, 6.07) is 19.4. The summed E-state index contributed by atoms with van der Waals surface area (Å²) in [5.41, 5.74) is 11.9. The molecule has 3 aliphatic rings. The van der Waals surface area contributed by atoms with E-state index in [1.54, 1.807) is 11.1 Å². The van der Waals surface area contributed by atoms with Gasteiger partial charge in [0, 0.05) is 23.5 Å². The van der Waals surface area contributed by atoms with Gasteiger partial charge < -0.3 is 0 Å². The number of pyridine rings is 1. The molecule has 0 bridgehead atoms. The van der Waals surface area contributed by atoms with E-state index >= 15 is 0 Å². The van der Waals surface area contributed by atoms with E-state index in [-0.39, 0.29) is 21.8 Å². The molecule has 0 N–H and O–H groups in total. The highest BCUT2D eigenvalue weighted by Gasteiger charge is 2.57. The number of nitrogens with zero attached hydrogens (tertiary/aromatic N) is 1. The molecule has 1 atom stereocenters. The predicted molar refractivity (Wildman–Crippen MR) is 198 cm³/mol. The van der Waals surface area contributed by atoms with E-state index in [9.17, 15) is 0 Å². The number of hydrogen-bond acceptors (Lipinski definition) is 0. The highest BCUT2D eigenvalue weighted by atomic mass is 15.1. The van der Waals surface area contributed by atoms with E-state index in [1.165, 1.54) is 80.7 Å². The van der Waals surface area contributed by atoms with Gasteiger partial charge in [0.25, 0.3) is 0 Å². The Morgan fingerprint density at radius 1 is 0.783 bits per heavy atom. The van der Waals surface area contributed by atoms with E-state index in [1.807, 2.05) is 0 Å². The van der Waals surface area contributed by atoms with Crippen molar-refractivity contribution < 1.29 is 4.57 Å². The molecule has 1 aliphatic heterocycles. The van der Waals surface area contributed by atoms with Crippen LogP contribution in [0.5, 0.6) is 0 Å². The largest absolute Gasteiger partial charge is 0.222 e. The Kier molecular flexibility index (Phi) is 7.10. The summed E-state index contributed by atoms with van der Waals surface area (Å²) < 4.78 is 2.74. The van der Waals surface area contributed by atoms with Crippen molar-refractivity contribution in [1.29, 1.82) is 0 Å². The van der Waals surface area contributed by atoms with Crippen LogP contribution < -0.4 is 4.57 Å². The van der Waals surface area contributed by atoms with Gasteiger partial charge in [0.05, 0.1) is 10.9 Å². The van der Waals surface area contributed by atoms with Crippen LogP contribution in [-0.2, 0) is 16.4 Å². The third kappa shape index (κ3) is 4.09. The van der Waals surface area contributed by atoms with Gasteiger partial charge in [-0.3, -0.25) is 0 Å². The molecule has 1 spiro atoms. The molecule has 0 saturated carbocycles. The van der Waals surface area contributed by atoms with Gasteiger partial charge in [0.1, 0.15) is 0 Å². The lowest BCUT2D eigenvalue weighted by molar-refractivity contribution is -0.726. The SMILES string of the molecule is CCC(CC)C1=CC2(CC(C(CC)CC)=C1)c1cc3ccccc3c3c1-c1c4c(cc(C(C)(C)C(C)(C)C)cc4cc[n+]12)C3(C)C. The summed E-state index contributed by atoms with van der Waals surface area (Å²) in [5, 5.41) is 5.65. The molecular weight excluding hydrogens is 555 g/mol. The number of rotatable bonds is 7. The summed E-state index contributed by atoms with van der Waals surface area (Å²) in [5.74, 6) is 1.19. The highest BCUT2D eigenvalue weighted by Crippen LogP contribution is 2.59. The summed E-state index contributed by atoms with van der Waals surface area (Å²) in [7, 11) is 0. The van der Waals surface area contributed by atoms with Crippen LogP contribution in [0.4, 0.5) is 0 Å². The molecule has 7 rings (SSSR count). The zero-order chi connectivity index (χ0) is 33.0. The predicted octanol–water partition coefficient (Wildman–Crippen LogP) is 12.1. The first-order valence-electron chi connectivity index (χ1n) is 18.3. The first-order valence-corrected chi connectivity index (χ1v) is 18.3. The average Bonchev–Trinajstić information content (AvgIpc) is 3.27. The van der Waals surface area contributed by atoms with Gasteiger partial charge in [0.15, 0.2) is 6.20 Å². The molecule has 240 valence electrons. The number of benzene rings is 3. The average molecular weight is 611 g/mol. The quantitative estimate of drug-likeness (QED) is 0.183. The molecule has 0 fully saturated rings. The van der Waals surface area contributed by atoms with Gasteiger partial charge in [-0.2, -0.15) is 4.57 Å². The number of fused-ring (bicyclic) bond motifs is 4. The number of hydrogen-bond donors (Lipinski definition) is 0. The Balaban J connectivity index is 1.65. The van der Waals surface area contributed by atoms with Crippen LogP contribution >= 0.6 is 0 Å². The van der Waals surface area contributed by atoms with Crippen molar-refractivity contribution in [2.24, 2.45) is 17.3 Å².